The van der Waals surface area contributed by atoms with Crippen molar-refractivity contribution in [2.45, 2.75) is 13.3 Å². The molecule has 0 bridgehead atoms. The second-order valence-corrected chi connectivity index (χ2v) is 3.12. The molecule has 0 radical (unpaired) electrons. The van der Waals surface area contributed by atoms with Crippen molar-refractivity contribution in [3.63, 3.8) is 0 Å². The average molecular weight is 191 g/mol. The van der Waals surface area contributed by atoms with Crippen LogP contribution in [0.25, 0.3) is 0 Å². The fraction of sp³-hybridized carbons (Fsp3) is 0.364. The van der Waals surface area contributed by atoms with Crippen LogP contribution in [-0.2, 0) is 11.3 Å². The Kier molecular flexibility index (Phi) is 2.68. The number of rotatable bonds is 3. The van der Waals surface area contributed by atoms with Gasteiger partial charge in [0.05, 0.1) is 12.8 Å². The number of ether oxygens (including phenoxy) is 1. The Balaban J connectivity index is 2.12. The zero-order chi connectivity index (χ0) is 9.80. The first-order valence-electron chi connectivity index (χ1n) is 4.81. The van der Waals surface area contributed by atoms with E-state index in [0.717, 1.165) is 24.3 Å². The molecule has 0 atom stereocenters. The zero-order valence-electron chi connectivity index (χ0n) is 8.19. The third-order valence-corrected chi connectivity index (χ3v) is 2.12. The Morgan fingerprint density at radius 3 is 3.36 bits per heavy atom. The van der Waals surface area contributed by atoms with Crippen LogP contribution < -0.4 is 4.74 Å². The highest BCUT2D eigenvalue weighted by atomic mass is 16.6. The minimum atomic E-state index is 0.602. The molecule has 0 aromatic heterocycles. The summed E-state index contributed by atoms with van der Waals surface area (Å²) in [5, 5.41) is 3.82. The van der Waals surface area contributed by atoms with Crippen LogP contribution in [0.2, 0.25) is 0 Å². The van der Waals surface area contributed by atoms with E-state index < -0.39 is 0 Å². The number of fused-ring (bicyclic) bond motifs is 1. The monoisotopic (exact) mass is 191 g/mol. The van der Waals surface area contributed by atoms with Gasteiger partial charge in [-0.1, -0.05) is 5.16 Å². The van der Waals surface area contributed by atoms with Gasteiger partial charge < -0.3 is 9.57 Å². The smallest absolute Gasteiger partial charge is 0.122 e. The van der Waals surface area contributed by atoms with Crippen LogP contribution in [0.5, 0.6) is 5.75 Å². The van der Waals surface area contributed by atoms with Crippen molar-refractivity contribution < 1.29 is 9.57 Å². The lowest BCUT2D eigenvalue weighted by molar-refractivity contribution is 0.160. The summed E-state index contributed by atoms with van der Waals surface area (Å²) in [5.41, 5.74) is 2.31. The minimum Gasteiger partial charge on any atom is -0.493 e. The quantitative estimate of drug-likeness (QED) is 0.540. The summed E-state index contributed by atoms with van der Waals surface area (Å²) in [4.78, 5) is 4.89. The summed E-state index contributed by atoms with van der Waals surface area (Å²) in [6, 6.07) is 6.05. The number of hydrogen-bond donors (Lipinski definition) is 0. The molecule has 2 rings (SSSR count). The molecular formula is C11H13NO2. The molecule has 0 N–H and O–H groups in total. The standard InChI is InChI=1S/C11H13NO2/c1-2-14-12-8-9-3-4-11-10(7-9)5-6-13-11/h3-4,7-8H,2,5-6H2,1H3/b12-8+. The van der Waals surface area contributed by atoms with Crippen LogP contribution in [0.3, 0.4) is 0 Å². The third-order valence-electron chi connectivity index (χ3n) is 2.12. The van der Waals surface area contributed by atoms with Gasteiger partial charge in [0.1, 0.15) is 12.4 Å². The SMILES string of the molecule is CCO/N=C/c1ccc2c(c1)CCO2. The Morgan fingerprint density at radius 1 is 1.57 bits per heavy atom. The van der Waals surface area contributed by atoms with Gasteiger partial charge in [0.25, 0.3) is 0 Å². The van der Waals surface area contributed by atoms with Crippen molar-refractivity contribution in [2.24, 2.45) is 5.16 Å². The minimum absolute atomic E-state index is 0.602. The Labute approximate surface area is 83.3 Å². The molecule has 14 heavy (non-hydrogen) atoms. The van der Waals surface area contributed by atoms with Crippen LogP contribution in [0, 0.1) is 0 Å². The molecular weight excluding hydrogens is 178 g/mol. The number of benzene rings is 1. The van der Waals surface area contributed by atoms with Gasteiger partial charge in [0, 0.05) is 6.42 Å². The fourth-order valence-corrected chi connectivity index (χ4v) is 1.46. The topological polar surface area (TPSA) is 30.8 Å². The van der Waals surface area contributed by atoms with Gasteiger partial charge in [-0.15, -0.1) is 0 Å². The summed E-state index contributed by atoms with van der Waals surface area (Å²) in [6.45, 7) is 3.31. The second kappa shape index (κ2) is 4.13. The van der Waals surface area contributed by atoms with E-state index in [2.05, 4.69) is 11.2 Å². The van der Waals surface area contributed by atoms with Crippen molar-refractivity contribution in [1.29, 1.82) is 0 Å². The van der Waals surface area contributed by atoms with Crippen LogP contribution in [0.4, 0.5) is 0 Å². The lowest BCUT2D eigenvalue weighted by Gasteiger charge is -1.99. The highest BCUT2D eigenvalue weighted by molar-refractivity contribution is 5.80. The molecule has 3 heteroatoms. The van der Waals surface area contributed by atoms with E-state index in [9.17, 15) is 0 Å². The van der Waals surface area contributed by atoms with Crippen molar-refractivity contribution >= 4 is 6.21 Å². The summed E-state index contributed by atoms with van der Waals surface area (Å²) in [5.74, 6) is 0.999. The summed E-state index contributed by atoms with van der Waals surface area (Å²) < 4.78 is 5.40. The fourth-order valence-electron chi connectivity index (χ4n) is 1.46. The normalized spacial score (nSPS) is 14.1. The summed E-state index contributed by atoms with van der Waals surface area (Å²) in [6.07, 6.45) is 2.72. The van der Waals surface area contributed by atoms with Gasteiger partial charge in [-0.3, -0.25) is 0 Å². The van der Waals surface area contributed by atoms with Gasteiger partial charge in [-0.05, 0) is 36.2 Å². The van der Waals surface area contributed by atoms with Crippen LogP contribution in [0.15, 0.2) is 23.4 Å². The number of nitrogens with zero attached hydrogens (tertiary/aromatic N) is 1. The van der Waals surface area contributed by atoms with Crippen molar-refractivity contribution in [3.05, 3.63) is 29.3 Å². The molecule has 1 aromatic rings. The molecule has 1 aromatic carbocycles. The van der Waals surface area contributed by atoms with Crippen LogP contribution in [-0.4, -0.2) is 19.4 Å². The van der Waals surface area contributed by atoms with Crippen LogP contribution >= 0.6 is 0 Å². The molecule has 0 saturated heterocycles. The van der Waals surface area contributed by atoms with Gasteiger partial charge in [-0.25, -0.2) is 0 Å². The molecule has 0 fully saturated rings. The summed E-state index contributed by atoms with van der Waals surface area (Å²) in [7, 11) is 0. The van der Waals surface area contributed by atoms with Gasteiger partial charge in [-0.2, -0.15) is 0 Å². The second-order valence-electron chi connectivity index (χ2n) is 3.12. The lowest BCUT2D eigenvalue weighted by atomic mass is 10.1. The molecule has 1 heterocycles. The molecule has 74 valence electrons. The van der Waals surface area contributed by atoms with E-state index >= 15 is 0 Å². The largest absolute Gasteiger partial charge is 0.493 e. The maximum absolute atomic E-state index is 5.40. The maximum atomic E-state index is 5.40. The molecule has 0 spiro atoms. The van der Waals surface area contributed by atoms with Crippen molar-refractivity contribution in [2.75, 3.05) is 13.2 Å². The molecule has 1 aliphatic heterocycles. The van der Waals surface area contributed by atoms with Gasteiger partial charge in [0.2, 0.25) is 0 Å². The van der Waals surface area contributed by atoms with E-state index in [-0.39, 0.29) is 0 Å². The van der Waals surface area contributed by atoms with Crippen molar-refractivity contribution in [3.8, 4) is 5.75 Å². The lowest BCUT2D eigenvalue weighted by Crippen LogP contribution is -1.86. The maximum Gasteiger partial charge on any atom is 0.122 e. The van der Waals surface area contributed by atoms with Gasteiger partial charge >= 0.3 is 0 Å². The highest BCUT2D eigenvalue weighted by Gasteiger charge is 2.10. The Bertz CT molecular complexity index is 347. The molecule has 1 aliphatic rings. The molecule has 3 nitrogen and oxygen atoms in total. The van der Waals surface area contributed by atoms with E-state index in [1.807, 2.05) is 19.1 Å². The van der Waals surface area contributed by atoms with E-state index in [0.29, 0.717) is 6.61 Å². The predicted molar refractivity (Wildman–Crippen MR) is 54.9 cm³/mol. The van der Waals surface area contributed by atoms with E-state index in [4.69, 9.17) is 9.57 Å². The van der Waals surface area contributed by atoms with Gasteiger partial charge in [0.15, 0.2) is 0 Å². The Morgan fingerprint density at radius 2 is 2.50 bits per heavy atom. The third kappa shape index (κ3) is 1.87. The number of oxime groups is 1. The molecule has 0 saturated carbocycles. The predicted octanol–water partition coefficient (Wildman–Crippen LogP) is 1.99. The average Bonchev–Trinajstić information content (AvgIpc) is 2.65. The van der Waals surface area contributed by atoms with E-state index in [1.54, 1.807) is 6.21 Å². The molecule has 0 aliphatic carbocycles. The first kappa shape index (κ1) is 9.06. The first-order chi connectivity index (χ1) is 6.90. The molecule has 0 unspecified atom stereocenters. The summed E-state index contributed by atoms with van der Waals surface area (Å²) >= 11 is 0. The molecule has 0 amide bonds. The number of hydrogen-bond acceptors (Lipinski definition) is 3. The first-order valence-corrected chi connectivity index (χ1v) is 4.81. The zero-order valence-corrected chi connectivity index (χ0v) is 8.19. The van der Waals surface area contributed by atoms with E-state index in [1.165, 1.54) is 5.56 Å². The van der Waals surface area contributed by atoms with Crippen LogP contribution in [0.1, 0.15) is 18.1 Å². The van der Waals surface area contributed by atoms with Crippen molar-refractivity contribution in [1.82, 2.24) is 0 Å². The highest BCUT2D eigenvalue weighted by Crippen LogP contribution is 2.25. The Hall–Kier alpha value is -1.51.